The van der Waals surface area contributed by atoms with E-state index in [4.69, 9.17) is 0 Å². The summed E-state index contributed by atoms with van der Waals surface area (Å²) in [5, 5.41) is 5.09. The number of allylic oxidation sites excluding steroid dienone is 7. The highest BCUT2D eigenvalue weighted by Gasteiger charge is 2.10. The van der Waals surface area contributed by atoms with Crippen molar-refractivity contribution in [2.45, 2.75) is 94.4 Å². The molecule has 0 N–H and O–H groups in total. The van der Waals surface area contributed by atoms with Gasteiger partial charge in [-0.1, -0.05) is 233 Å². The Labute approximate surface area is 358 Å². The summed E-state index contributed by atoms with van der Waals surface area (Å²) in [6.07, 6.45) is 40.0. The predicted octanol–water partition coefficient (Wildman–Crippen LogP) is 18.3. The van der Waals surface area contributed by atoms with E-state index in [1.807, 2.05) is 45.1 Å². The molecule has 0 nitrogen and oxygen atoms in total. The normalized spacial score (nSPS) is 9.12. The van der Waals surface area contributed by atoms with Crippen LogP contribution >= 0.6 is 0 Å². The molecule has 0 radical (unpaired) electrons. The molecular weight excluding hydrogens is 697 g/mol. The molecule has 5 aromatic rings. The van der Waals surface area contributed by atoms with Crippen molar-refractivity contribution in [2.75, 3.05) is 0 Å². The fraction of sp³-hybridized carbons (Fsp3) is 0.241. The molecule has 0 saturated carbocycles. The summed E-state index contributed by atoms with van der Waals surface area (Å²) >= 11 is 0. The maximum Gasteiger partial charge on any atom is -0.00939 e. The largest absolute Gasteiger partial charge is 0.124 e. The minimum atomic E-state index is 0.886. The smallest absolute Gasteiger partial charge is 0.00939 e. The minimum absolute atomic E-state index is 0.886. The van der Waals surface area contributed by atoms with E-state index >= 15 is 0 Å². The Morgan fingerprint density at radius 3 is 1.50 bits per heavy atom. The second-order valence-electron chi connectivity index (χ2n) is 11.9. The maximum atomic E-state index is 4.13. The SMILES string of the molecule is C#C.C#C.C=C.C=C/C=C\C=C/CCC.C=CC.C=Cc1c(/C=C\Cc2cccc(-c3ccccc3C)c2)c2ccccc2c2ccccc12.CC.CCC.CCC. The average molecular weight is 773 g/mol. The van der Waals surface area contributed by atoms with Crippen molar-refractivity contribution in [1.82, 2.24) is 0 Å². The van der Waals surface area contributed by atoms with Crippen molar-refractivity contribution in [3.8, 4) is 36.8 Å². The van der Waals surface area contributed by atoms with Gasteiger partial charge in [0.05, 0.1) is 0 Å². The summed E-state index contributed by atoms with van der Waals surface area (Å²) < 4.78 is 0. The zero-order valence-corrected chi connectivity index (χ0v) is 37.8. The first-order valence-electron chi connectivity index (χ1n) is 20.5. The highest BCUT2D eigenvalue weighted by Crippen LogP contribution is 2.34. The molecule has 0 aliphatic heterocycles. The van der Waals surface area contributed by atoms with E-state index in [9.17, 15) is 0 Å². The second-order valence-corrected chi connectivity index (χ2v) is 11.9. The summed E-state index contributed by atoms with van der Waals surface area (Å²) in [6.45, 7) is 35.8. The summed E-state index contributed by atoms with van der Waals surface area (Å²) in [6, 6.07) is 34.7. The first-order valence-corrected chi connectivity index (χ1v) is 20.5. The van der Waals surface area contributed by atoms with Crippen molar-refractivity contribution < 1.29 is 0 Å². The van der Waals surface area contributed by atoms with Crippen molar-refractivity contribution in [3.63, 3.8) is 0 Å². The summed E-state index contributed by atoms with van der Waals surface area (Å²) in [4.78, 5) is 0. The van der Waals surface area contributed by atoms with Crippen LogP contribution < -0.4 is 0 Å². The van der Waals surface area contributed by atoms with Crippen LogP contribution in [-0.2, 0) is 6.42 Å². The van der Waals surface area contributed by atoms with Gasteiger partial charge in [0, 0.05) is 0 Å². The van der Waals surface area contributed by atoms with Crippen LogP contribution in [0.5, 0.6) is 0 Å². The first kappa shape index (κ1) is 58.6. The lowest BCUT2D eigenvalue weighted by Gasteiger charge is -2.13. The van der Waals surface area contributed by atoms with Gasteiger partial charge in [-0.3, -0.25) is 0 Å². The Hall–Kier alpha value is -6.08. The summed E-state index contributed by atoms with van der Waals surface area (Å²) in [5.41, 5.74) is 7.63. The van der Waals surface area contributed by atoms with Crippen LogP contribution in [0.2, 0.25) is 0 Å². The van der Waals surface area contributed by atoms with Crippen LogP contribution in [0.25, 0.3) is 44.8 Å². The lowest BCUT2D eigenvalue weighted by atomic mass is 9.91. The standard InChI is InChI=1S/C32H26.C9H14.2C3H8.C3H6.C2H6.C2H4.2C2H2/c1-3-26-28-17-6-7-18-30(28)32-20-9-8-19-31(32)29(26)21-11-14-24-13-10-15-25(22-24)27-16-5-4-12-23(27)2;1-3-5-7-9-8-6-4-2;3*1-3-2;4*1-2/h3-13,15-22H,1,14H2,2H3;3,5,7-9H,1,4,6H2,2H3;2*3H2,1-2H3;3H,1H2,2H3;1-2H3;1-2H2;2*1-2H/b21-11-;7-5-,9-8-;;;;;;;. The number of rotatable bonds is 9. The van der Waals surface area contributed by atoms with Gasteiger partial charge in [-0.15, -0.1) is 45.4 Å². The molecule has 0 aliphatic rings. The summed E-state index contributed by atoms with van der Waals surface area (Å²) in [5.74, 6) is 0. The number of hydrogen-bond donors (Lipinski definition) is 0. The maximum absolute atomic E-state index is 4.13. The Morgan fingerprint density at radius 2 is 1.03 bits per heavy atom. The van der Waals surface area contributed by atoms with Crippen LogP contribution in [0.3, 0.4) is 0 Å². The Kier molecular flexibility index (Phi) is 44.1. The van der Waals surface area contributed by atoms with Crippen LogP contribution in [0.15, 0.2) is 172 Å². The van der Waals surface area contributed by atoms with Crippen LogP contribution in [0.4, 0.5) is 0 Å². The van der Waals surface area contributed by atoms with E-state index in [0.717, 1.165) is 6.42 Å². The van der Waals surface area contributed by atoms with E-state index in [0.29, 0.717) is 0 Å². The fourth-order valence-corrected chi connectivity index (χ4v) is 5.16. The lowest BCUT2D eigenvalue weighted by Crippen LogP contribution is -1.89. The van der Waals surface area contributed by atoms with E-state index < -0.39 is 0 Å². The molecule has 0 heteroatoms. The van der Waals surface area contributed by atoms with Crippen molar-refractivity contribution in [3.05, 3.63) is 195 Å². The predicted molar refractivity (Wildman–Crippen MR) is 274 cm³/mol. The van der Waals surface area contributed by atoms with Gasteiger partial charge in [-0.05, 0) is 81.6 Å². The van der Waals surface area contributed by atoms with Crippen LogP contribution in [0.1, 0.15) is 103 Å². The number of fused-ring (bicyclic) bond motifs is 3. The third-order valence-electron chi connectivity index (χ3n) is 7.19. The zero-order chi connectivity index (χ0) is 45.0. The molecule has 58 heavy (non-hydrogen) atoms. The number of hydrogen-bond acceptors (Lipinski definition) is 0. The molecule has 0 unspecified atom stereocenters. The lowest BCUT2D eigenvalue weighted by molar-refractivity contribution is 0.959. The van der Waals surface area contributed by atoms with E-state index in [2.05, 4.69) is 215 Å². The van der Waals surface area contributed by atoms with Gasteiger partial charge in [-0.2, -0.15) is 0 Å². The molecule has 0 spiro atoms. The molecule has 5 aromatic carbocycles. The van der Waals surface area contributed by atoms with Gasteiger partial charge >= 0.3 is 0 Å². The molecule has 0 saturated heterocycles. The second kappa shape index (κ2) is 43.6. The summed E-state index contributed by atoms with van der Waals surface area (Å²) in [7, 11) is 0. The quantitative estimate of drug-likeness (QED) is 0.0606. The van der Waals surface area contributed by atoms with Gasteiger partial charge < -0.3 is 0 Å². The molecule has 5 rings (SSSR count). The van der Waals surface area contributed by atoms with E-state index in [-0.39, 0.29) is 0 Å². The van der Waals surface area contributed by atoms with Crippen LogP contribution in [-0.4, -0.2) is 0 Å². The van der Waals surface area contributed by atoms with Gasteiger partial charge in [-0.25, -0.2) is 0 Å². The molecule has 0 amide bonds. The van der Waals surface area contributed by atoms with Crippen molar-refractivity contribution in [1.29, 1.82) is 0 Å². The first-order chi connectivity index (χ1) is 28.4. The minimum Gasteiger partial charge on any atom is -0.124 e. The molecule has 0 atom stereocenters. The van der Waals surface area contributed by atoms with Gasteiger partial charge in [0.1, 0.15) is 0 Å². The molecule has 0 bridgehead atoms. The molecule has 0 aromatic heterocycles. The molecule has 0 heterocycles. The Bertz CT molecular complexity index is 1890. The number of unbranched alkanes of at least 4 members (excludes halogenated alkanes) is 1. The van der Waals surface area contributed by atoms with E-state index in [1.165, 1.54) is 80.6 Å². The molecule has 0 aliphatic carbocycles. The monoisotopic (exact) mass is 773 g/mol. The van der Waals surface area contributed by atoms with Crippen molar-refractivity contribution in [2.24, 2.45) is 0 Å². The fourth-order valence-electron chi connectivity index (χ4n) is 5.16. The third kappa shape index (κ3) is 23.8. The van der Waals surface area contributed by atoms with Crippen LogP contribution in [0, 0.1) is 32.6 Å². The van der Waals surface area contributed by atoms with E-state index in [1.54, 1.807) is 12.2 Å². The zero-order valence-electron chi connectivity index (χ0n) is 37.8. The third-order valence-corrected chi connectivity index (χ3v) is 7.19. The van der Waals surface area contributed by atoms with Gasteiger partial charge in [0.2, 0.25) is 0 Å². The number of benzene rings is 5. The number of terminal acetylenes is 2. The Balaban J connectivity index is -0.000000467. The highest BCUT2D eigenvalue weighted by atomic mass is 14.1. The molecule has 0 fully saturated rings. The molecular formula is C58H76. The molecule has 308 valence electrons. The van der Waals surface area contributed by atoms with Crippen molar-refractivity contribution >= 4 is 33.7 Å². The van der Waals surface area contributed by atoms with Gasteiger partial charge in [0.15, 0.2) is 0 Å². The van der Waals surface area contributed by atoms with Gasteiger partial charge in [0.25, 0.3) is 0 Å². The number of aryl methyl sites for hydroxylation is 1. The topological polar surface area (TPSA) is 0 Å². The Morgan fingerprint density at radius 1 is 0.569 bits per heavy atom. The average Bonchev–Trinajstić information content (AvgIpc) is 3.28. The highest BCUT2D eigenvalue weighted by molar-refractivity contribution is 6.14.